The van der Waals surface area contributed by atoms with Gasteiger partial charge >= 0.3 is 5.97 Å². The summed E-state index contributed by atoms with van der Waals surface area (Å²) in [5.74, 6) is -3.03. The highest BCUT2D eigenvalue weighted by Gasteiger charge is 2.40. The molecule has 1 saturated carbocycles. The molecule has 2 rings (SSSR count). The van der Waals surface area contributed by atoms with Crippen molar-refractivity contribution in [1.29, 1.82) is 0 Å². The van der Waals surface area contributed by atoms with Gasteiger partial charge in [0.1, 0.15) is 18.1 Å². The summed E-state index contributed by atoms with van der Waals surface area (Å²) in [7, 11) is 0. The summed E-state index contributed by atoms with van der Waals surface area (Å²) in [6.45, 7) is 12.2. The molecule has 2 aliphatic rings. The Bertz CT molecular complexity index is 1240. The van der Waals surface area contributed by atoms with Crippen LogP contribution < -0.4 is 27.0 Å². The molecule has 1 saturated heterocycles. The Balaban J connectivity index is 1.87. The molecule has 4 unspecified atom stereocenters. The van der Waals surface area contributed by atoms with Crippen molar-refractivity contribution in [3.05, 3.63) is 0 Å². The molecule has 302 valence electrons. The zero-order chi connectivity index (χ0) is 39.7. The van der Waals surface area contributed by atoms with E-state index in [0.29, 0.717) is 51.0 Å². The average Bonchev–Trinajstić information content (AvgIpc) is 3.61. The fraction of sp³-hybridized carbons (Fsp3) is 0.821. The van der Waals surface area contributed by atoms with Gasteiger partial charge in [0.05, 0.1) is 18.5 Å². The molecule has 0 spiro atoms. The zero-order valence-corrected chi connectivity index (χ0v) is 33.0. The minimum atomic E-state index is -1.43. The topological polar surface area (TPSA) is 217 Å². The van der Waals surface area contributed by atoms with Crippen molar-refractivity contribution >= 4 is 41.3 Å². The molecule has 1 aliphatic carbocycles. The van der Waals surface area contributed by atoms with Crippen LogP contribution in [0.1, 0.15) is 138 Å². The van der Waals surface area contributed by atoms with E-state index in [0.717, 1.165) is 19.3 Å². The van der Waals surface area contributed by atoms with Crippen LogP contribution in [-0.4, -0.2) is 94.6 Å². The Labute approximate surface area is 316 Å². The minimum Gasteiger partial charge on any atom is -0.481 e. The molecular weight excluding hydrogens is 680 g/mol. The molecular formula is C39H68N6O8. The molecule has 0 bridgehead atoms. The van der Waals surface area contributed by atoms with E-state index in [2.05, 4.69) is 28.2 Å². The first-order valence-corrected chi connectivity index (χ1v) is 20.1. The van der Waals surface area contributed by atoms with Gasteiger partial charge in [-0.15, -0.1) is 0 Å². The minimum absolute atomic E-state index is 0.0240. The number of carbonyl (C=O) groups excluding carboxylic acids is 6. The Morgan fingerprint density at radius 2 is 1.43 bits per heavy atom. The van der Waals surface area contributed by atoms with Gasteiger partial charge in [0.2, 0.25) is 29.5 Å². The van der Waals surface area contributed by atoms with Gasteiger partial charge in [0, 0.05) is 25.9 Å². The number of amides is 5. The van der Waals surface area contributed by atoms with Gasteiger partial charge in [-0.25, -0.2) is 0 Å². The maximum atomic E-state index is 13.6. The highest BCUT2D eigenvalue weighted by molar-refractivity contribution is 5.96. The smallest absolute Gasteiger partial charge is 0.305 e. The van der Waals surface area contributed by atoms with Gasteiger partial charge in [-0.2, -0.15) is 0 Å². The summed E-state index contributed by atoms with van der Waals surface area (Å²) in [4.78, 5) is 91.5. The van der Waals surface area contributed by atoms with Crippen LogP contribution >= 0.6 is 0 Å². The van der Waals surface area contributed by atoms with E-state index in [9.17, 15) is 38.7 Å². The number of Topliss-reactive ketones (excluding diaryl/α,β-unsaturated/α-hetero) is 1. The molecule has 14 nitrogen and oxygen atoms in total. The molecule has 14 heteroatoms. The number of nitrogens with zero attached hydrogens (tertiary/aromatic N) is 1. The fourth-order valence-corrected chi connectivity index (χ4v) is 7.44. The first-order chi connectivity index (χ1) is 25.1. The third kappa shape index (κ3) is 15.4. The first kappa shape index (κ1) is 45.6. The number of ketones is 1. The van der Waals surface area contributed by atoms with Crippen LogP contribution in [-0.2, 0) is 33.6 Å². The van der Waals surface area contributed by atoms with Gasteiger partial charge in [0.15, 0.2) is 5.78 Å². The van der Waals surface area contributed by atoms with Crippen molar-refractivity contribution in [2.45, 2.75) is 168 Å². The molecule has 1 aliphatic heterocycles. The third-order valence-electron chi connectivity index (χ3n) is 10.7. The Hall–Kier alpha value is -3.55. The maximum absolute atomic E-state index is 13.6. The summed E-state index contributed by atoms with van der Waals surface area (Å²) >= 11 is 0. The van der Waals surface area contributed by atoms with Crippen LogP contribution in [0.4, 0.5) is 0 Å². The molecule has 5 amide bonds. The lowest BCUT2D eigenvalue weighted by Crippen LogP contribution is -2.58. The largest absolute Gasteiger partial charge is 0.481 e. The number of hydrogen-bond acceptors (Lipinski definition) is 8. The molecule has 2 fully saturated rings. The molecule has 7 N–H and O–H groups in total. The Kier molecular flexibility index (Phi) is 20.0. The van der Waals surface area contributed by atoms with Crippen molar-refractivity contribution < 1.29 is 38.7 Å². The van der Waals surface area contributed by atoms with E-state index >= 15 is 0 Å². The molecule has 0 aromatic carbocycles. The van der Waals surface area contributed by atoms with E-state index in [1.165, 1.54) is 24.2 Å². The second-order valence-corrected chi connectivity index (χ2v) is 15.9. The number of aliphatic carboxylic acids is 1. The van der Waals surface area contributed by atoms with Crippen molar-refractivity contribution in [2.24, 2.45) is 29.4 Å². The van der Waals surface area contributed by atoms with Crippen molar-refractivity contribution in [3.8, 4) is 0 Å². The second kappa shape index (κ2) is 23.3. The number of nitrogens with one attached hydrogen (secondary N) is 4. The summed E-state index contributed by atoms with van der Waals surface area (Å²) in [5, 5.41) is 20.6. The molecule has 0 radical (unpaired) electrons. The number of carbonyl (C=O) groups is 7. The van der Waals surface area contributed by atoms with Gasteiger partial charge in [-0.3, -0.25) is 33.6 Å². The predicted molar refractivity (Wildman–Crippen MR) is 202 cm³/mol. The predicted octanol–water partition coefficient (Wildman–Crippen LogP) is 3.20. The monoisotopic (exact) mass is 749 g/mol. The highest BCUT2D eigenvalue weighted by Crippen LogP contribution is 2.31. The van der Waals surface area contributed by atoms with Crippen LogP contribution in [0.25, 0.3) is 0 Å². The molecule has 0 aromatic heterocycles. The summed E-state index contributed by atoms with van der Waals surface area (Å²) < 4.78 is 0. The standard InChI is InChI=1S/C39H68N6O8/c1-7-20-41-38(52)35(25(4)5)44-37(51)30-18-14-21-45(30)39(53)29(23-33(48)49)42-36(50)28(40)17-12-9-13-19-31(46)34(24(2)3)43-32(47)22-26(6)27-15-10-8-11-16-27/h24-30,34-35H,7-23,40H2,1-6H3,(H,41,52)(H,42,50)(H,43,47)(H,44,51)(H,48,49)/t26?,28-,29?,30-,34?,35?/m0/s1. The lowest BCUT2D eigenvalue weighted by Gasteiger charge is -2.30. The van der Waals surface area contributed by atoms with Gasteiger partial charge in [-0.1, -0.05) is 86.5 Å². The lowest BCUT2D eigenvalue weighted by atomic mass is 9.79. The SMILES string of the molecule is CCCNC(=O)C(NC(=O)[C@@H]1CCCN1C(=O)C(CC(=O)O)NC(=O)[C@@H](N)CCCCCC(=O)C(NC(=O)CC(C)C1CCCCC1)C(C)C)C(C)C. The molecule has 0 aromatic rings. The highest BCUT2D eigenvalue weighted by atomic mass is 16.4. The van der Waals surface area contributed by atoms with Crippen molar-refractivity contribution in [1.82, 2.24) is 26.2 Å². The van der Waals surface area contributed by atoms with E-state index in [-0.39, 0.29) is 54.7 Å². The van der Waals surface area contributed by atoms with Crippen molar-refractivity contribution in [2.75, 3.05) is 13.1 Å². The van der Waals surface area contributed by atoms with Gasteiger partial charge < -0.3 is 37.0 Å². The van der Waals surface area contributed by atoms with Crippen LogP contribution in [0.3, 0.4) is 0 Å². The number of unbranched alkanes of at least 4 members (excludes halogenated alkanes) is 2. The fourth-order valence-electron chi connectivity index (χ4n) is 7.44. The second-order valence-electron chi connectivity index (χ2n) is 15.9. The van der Waals surface area contributed by atoms with E-state index < -0.39 is 60.3 Å². The van der Waals surface area contributed by atoms with E-state index in [1.54, 1.807) is 13.8 Å². The van der Waals surface area contributed by atoms with Gasteiger partial charge in [-0.05, 0) is 55.8 Å². The van der Waals surface area contributed by atoms with Gasteiger partial charge in [0.25, 0.3) is 0 Å². The summed E-state index contributed by atoms with van der Waals surface area (Å²) in [6.07, 6.45) is 9.53. The van der Waals surface area contributed by atoms with Crippen LogP contribution in [0.5, 0.6) is 0 Å². The normalized spacial score (nSPS) is 19.2. The van der Waals surface area contributed by atoms with Crippen LogP contribution in [0, 0.1) is 23.7 Å². The number of rotatable bonds is 23. The van der Waals surface area contributed by atoms with E-state index in [4.69, 9.17) is 5.73 Å². The lowest BCUT2D eigenvalue weighted by molar-refractivity contribution is -0.146. The quantitative estimate of drug-likeness (QED) is 0.0845. The Morgan fingerprint density at radius 3 is 2.04 bits per heavy atom. The molecule has 53 heavy (non-hydrogen) atoms. The third-order valence-corrected chi connectivity index (χ3v) is 10.7. The number of likely N-dealkylation sites (tertiary alicyclic amines) is 1. The van der Waals surface area contributed by atoms with Crippen LogP contribution in [0.15, 0.2) is 0 Å². The molecule has 1 heterocycles. The first-order valence-electron chi connectivity index (χ1n) is 20.1. The average molecular weight is 749 g/mol. The van der Waals surface area contributed by atoms with Crippen molar-refractivity contribution in [3.63, 3.8) is 0 Å². The summed E-state index contributed by atoms with van der Waals surface area (Å²) in [5.41, 5.74) is 6.15. The molecule has 6 atom stereocenters. The van der Waals surface area contributed by atoms with Crippen LogP contribution in [0.2, 0.25) is 0 Å². The van der Waals surface area contributed by atoms with E-state index in [1.807, 2.05) is 20.8 Å². The maximum Gasteiger partial charge on any atom is 0.305 e. The number of nitrogens with two attached hydrogens (primary N) is 1. The summed E-state index contributed by atoms with van der Waals surface area (Å²) in [6, 6.07) is -4.73. The number of carboxylic acid groups (broad SMARTS) is 1. The Morgan fingerprint density at radius 1 is 0.774 bits per heavy atom. The zero-order valence-electron chi connectivity index (χ0n) is 33.0. The number of carboxylic acids is 1. The number of hydrogen-bond donors (Lipinski definition) is 6.